The van der Waals surface area contributed by atoms with E-state index >= 15 is 0 Å². The molecule has 114 valence electrons. The number of benzene rings is 1. The van der Waals surface area contributed by atoms with Crippen LogP contribution in [0, 0.1) is 5.92 Å². The van der Waals surface area contributed by atoms with Crippen molar-refractivity contribution in [2.75, 3.05) is 6.61 Å². The number of hydrogen-bond acceptors (Lipinski definition) is 3. The van der Waals surface area contributed by atoms with E-state index in [1.165, 1.54) is 0 Å². The van der Waals surface area contributed by atoms with E-state index < -0.39 is 0 Å². The van der Waals surface area contributed by atoms with Crippen molar-refractivity contribution in [2.24, 2.45) is 5.92 Å². The summed E-state index contributed by atoms with van der Waals surface area (Å²) in [4.78, 5) is 12.3. The van der Waals surface area contributed by atoms with Gasteiger partial charge in [-0.25, -0.2) is 0 Å². The second-order valence-electron chi connectivity index (χ2n) is 6.89. The van der Waals surface area contributed by atoms with Crippen molar-refractivity contribution in [3.8, 4) is 5.75 Å². The van der Waals surface area contributed by atoms with E-state index in [2.05, 4.69) is 19.2 Å². The molecule has 1 aliphatic carbocycles. The van der Waals surface area contributed by atoms with Crippen LogP contribution in [-0.4, -0.2) is 29.3 Å². The van der Waals surface area contributed by atoms with Gasteiger partial charge in [0.05, 0.1) is 0 Å². The molecule has 1 fully saturated rings. The molecule has 0 bridgehead atoms. The molecule has 1 aliphatic heterocycles. The lowest BCUT2D eigenvalue weighted by Gasteiger charge is -2.16. The third kappa shape index (κ3) is 3.05. The molecule has 1 amide bonds. The molecule has 2 atom stereocenters. The Morgan fingerprint density at radius 1 is 1.43 bits per heavy atom. The van der Waals surface area contributed by atoms with Crippen molar-refractivity contribution in [1.29, 1.82) is 0 Å². The minimum Gasteiger partial charge on any atom is -0.487 e. The molecule has 0 radical (unpaired) electrons. The van der Waals surface area contributed by atoms with Crippen molar-refractivity contribution < 1.29 is 14.6 Å². The molecule has 4 nitrogen and oxygen atoms in total. The standard InChI is InChI=1S/C17H23NO3/c1-17(2)9-13-8-12(4-6-15(13)21-17)16(20)18-14-5-3-11(7-14)10-19/h4,6,8,11,14,19H,3,5,7,9-10H2,1-2H3,(H,18,20)/t11-,14+/m1/s1. The maximum absolute atomic E-state index is 12.3. The Morgan fingerprint density at radius 2 is 2.24 bits per heavy atom. The molecule has 4 heteroatoms. The van der Waals surface area contributed by atoms with Gasteiger partial charge in [-0.2, -0.15) is 0 Å². The molecule has 1 heterocycles. The van der Waals surface area contributed by atoms with Crippen molar-refractivity contribution in [3.63, 3.8) is 0 Å². The number of carbonyl (C=O) groups excluding carboxylic acids is 1. The van der Waals surface area contributed by atoms with Crippen molar-refractivity contribution in [2.45, 2.75) is 51.2 Å². The summed E-state index contributed by atoms with van der Waals surface area (Å²) in [7, 11) is 0. The minimum absolute atomic E-state index is 0.0221. The Hall–Kier alpha value is -1.55. The zero-order chi connectivity index (χ0) is 15.0. The predicted octanol–water partition coefficient (Wildman–Crippen LogP) is 2.29. The Labute approximate surface area is 125 Å². The lowest BCUT2D eigenvalue weighted by atomic mass is 10.00. The monoisotopic (exact) mass is 289 g/mol. The van der Waals surface area contributed by atoms with Gasteiger partial charge >= 0.3 is 0 Å². The first-order valence-corrected chi connectivity index (χ1v) is 7.70. The number of fused-ring (bicyclic) bond motifs is 1. The summed E-state index contributed by atoms with van der Waals surface area (Å²) >= 11 is 0. The highest BCUT2D eigenvalue weighted by Gasteiger charge is 2.31. The summed E-state index contributed by atoms with van der Waals surface area (Å²) in [5.41, 5.74) is 1.62. The molecule has 0 spiro atoms. The van der Waals surface area contributed by atoms with Gasteiger partial charge in [-0.05, 0) is 62.8 Å². The maximum Gasteiger partial charge on any atom is 0.251 e. The van der Waals surface area contributed by atoms with Gasteiger partial charge in [0.15, 0.2) is 0 Å². The smallest absolute Gasteiger partial charge is 0.251 e. The van der Waals surface area contributed by atoms with Crippen LogP contribution in [-0.2, 0) is 6.42 Å². The van der Waals surface area contributed by atoms with Gasteiger partial charge in [0, 0.05) is 24.6 Å². The lowest BCUT2D eigenvalue weighted by molar-refractivity contribution is 0.0935. The number of amides is 1. The Morgan fingerprint density at radius 3 is 2.95 bits per heavy atom. The highest BCUT2D eigenvalue weighted by molar-refractivity contribution is 5.94. The quantitative estimate of drug-likeness (QED) is 0.897. The summed E-state index contributed by atoms with van der Waals surface area (Å²) in [6.45, 7) is 4.33. The van der Waals surface area contributed by atoms with Crippen LogP contribution in [0.2, 0.25) is 0 Å². The van der Waals surface area contributed by atoms with Gasteiger partial charge in [0.25, 0.3) is 5.91 Å². The molecule has 0 unspecified atom stereocenters. The highest BCUT2D eigenvalue weighted by atomic mass is 16.5. The Kier molecular flexibility index (Phi) is 3.66. The van der Waals surface area contributed by atoms with Gasteiger partial charge in [-0.3, -0.25) is 4.79 Å². The zero-order valence-electron chi connectivity index (χ0n) is 12.7. The van der Waals surface area contributed by atoms with E-state index in [9.17, 15) is 4.79 Å². The van der Waals surface area contributed by atoms with Gasteiger partial charge in [-0.15, -0.1) is 0 Å². The number of nitrogens with one attached hydrogen (secondary N) is 1. The van der Waals surface area contributed by atoms with E-state index in [-0.39, 0.29) is 24.2 Å². The average molecular weight is 289 g/mol. The second-order valence-corrected chi connectivity index (χ2v) is 6.89. The van der Waals surface area contributed by atoms with Crippen molar-refractivity contribution in [3.05, 3.63) is 29.3 Å². The van der Waals surface area contributed by atoms with Crippen LogP contribution in [0.5, 0.6) is 5.75 Å². The largest absolute Gasteiger partial charge is 0.487 e. The van der Waals surface area contributed by atoms with E-state index in [4.69, 9.17) is 9.84 Å². The molecule has 21 heavy (non-hydrogen) atoms. The van der Waals surface area contributed by atoms with Crippen LogP contribution in [0.1, 0.15) is 49.0 Å². The normalized spacial score (nSPS) is 26.2. The molecule has 0 saturated heterocycles. The fourth-order valence-electron chi connectivity index (χ4n) is 3.39. The summed E-state index contributed by atoms with van der Waals surface area (Å²) < 4.78 is 5.83. The first kappa shape index (κ1) is 14.4. The number of aliphatic hydroxyl groups excluding tert-OH is 1. The topological polar surface area (TPSA) is 58.6 Å². The number of carbonyl (C=O) groups is 1. The maximum atomic E-state index is 12.3. The average Bonchev–Trinajstić information content (AvgIpc) is 2.99. The van der Waals surface area contributed by atoms with Crippen LogP contribution in [0.3, 0.4) is 0 Å². The number of rotatable bonds is 3. The molecule has 1 aromatic rings. The number of hydrogen-bond donors (Lipinski definition) is 2. The fourth-order valence-corrected chi connectivity index (χ4v) is 3.39. The minimum atomic E-state index is -0.183. The zero-order valence-corrected chi connectivity index (χ0v) is 12.7. The van der Waals surface area contributed by atoms with Crippen LogP contribution >= 0.6 is 0 Å². The second kappa shape index (κ2) is 5.34. The molecular formula is C17H23NO3. The molecule has 2 aliphatic rings. The SMILES string of the molecule is CC1(C)Cc2cc(C(=O)N[C@H]3CC[C@@H](CO)C3)ccc2O1. The lowest BCUT2D eigenvalue weighted by Crippen LogP contribution is -2.33. The third-order valence-electron chi connectivity index (χ3n) is 4.46. The molecule has 1 saturated carbocycles. The van der Waals surface area contributed by atoms with E-state index in [1.54, 1.807) is 0 Å². The van der Waals surface area contributed by atoms with Crippen molar-refractivity contribution >= 4 is 5.91 Å². The summed E-state index contributed by atoms with van der Waals surface area (Å²) in [5.74, 6) is 1.20. The van der Waals surface area contributed by atoms with E-state index in [0.29, 0.717) is 11.5 Å². The van der Waals surface area contributed by atoms with Gasteiger partial charge in [0.2, 0.25) is 0 Å². The van der Waals surface area contributed by atoms with Gasteiger partial charge in [0.1, 0.15) is 11.4 Å². The molecule has 3 rings (SSSR count). The summed E-state index contributed by atoms with van der Waals surface area (Å²) in [6.07, 6.45) is 3.66. The first-order valence-electron chi connectivity index (χ1n) is 7.70. The molecule has 1 aromatic carbocycles. The van der Waals surface area contributed by atoms with Crippen molar-refractivity contribution in [1.82, 2.24) is 5.32 Å². The van der Waals surface area contributed by atoms with E-state index in [1.807, 2.05) is 18.2 Å². The molecule has 2 N–H and O–H groups in total. The van der Waals surface area contributed by atoms with Gasteiger partial charge in [-0.1, -0.05) is 0 Å². The fraction of sp³-hybridized carbons (Fsp3) is 0.588. The van der Waals surface area contributed by atoms with Gasteiger partial charge < -0.3 is 15.2 Å². The van der Waals surface area contributed by atoms with Crippen LogP contribution in [0.4, 0.5) is 0 Å². The summed E-state index contributed by atoms with van der Waals surface area (Å²) in [5, 5.41) is 12.2. The first-order chi connectivity index (χ1) is 9.97. The third-order valence-corrected chi connectivity index (χ3v) is 4.46. The van der Waals surface area contributed by atoms with Crippen LogP contribution in [0.15, 0.2) is 18.2 Å². The molecule has 0 aromatic heterocycles. The Bertz CT molecular complexity index is 553. The Balaban J connectivity index is 1.67. The summed E-state index contributed by atoms with van der Waals surface area (Å²) in [6, 6.07) is 5.85. The van der Waals surface area contributed by atoms with Crippen LogP contribution in [0.25, 0.3) is 0 Å². The highest BCUT2D eigenvalue weighted by Crippen LogP contribution is 2.35. The predicted molar refractivity (Wildman–Crippen MR) is 80.5 cm³/mol. The number of ether oxygens (including phenoxy) is 1. The number of aliphatic hydroxyl groups is 1. The van der Waals surface area contributed by atoms with E-state index in [0.717, 1.165) is 37.0 Å². The molecular weight excluding hydrogens is 266 g/mol. The van der Waals surface area contributed by atoms with Crippen LogP contribution < -0.4 is 10.1 Å².